The molecule has 0 amide bonds. The van der Waals surface area contributed by atoms with Crippen LogP contribution in [0.3, 0.4) is 0 Å². The molecule has 84 valence electrons. The molecule has 2 heterocycles. The van der Waals surface area contributed by atoms with E-state index >= 15 is 0 Å². The molecular weight excluding hydrogens is 190 g/mol. The molecule has 0 aliphatic carbocycles. The number of piperidine rings is 1. The Morgan fingerprint density at radius 1 is 1.33 bits per heavy atom. The molecule has 0 radical (unpaired) electrons. The highest BCUT2D eigenvalue weighted by atomic mass is 16.4. The van der Waals surface area contributed by atoms with Crippen LogP contribution in [0.5, 0.6) is 0 Å². The molecule has 4 heteroatoms. The third-order valence-corrected chi connectivity index (χ3v) is 3.45. The van der Waals surface area contributed by atoms with Crippen molar-refractivity contribution in [2.45, 2.75) is 39.0 Å². The van der Waals surface area contributed by atoms with Crippen molar-refractivity contribution in [3.63, 3.8) is 0 Å². The van der Waals surface area contributed by atoms with Gasteiger partial charge < -0.3 is 9.32 Å². The average Bonchev–Trinajstić information content (AvgIpc) is 2.67. The van der Waals surface area contributed by atoms with E-state index in [1.165, 1.54) is 0 Å². The minimum Gasteiger partial charge on any atom is -0.425 e. The highest BCUT2D eigenvalue weighted by molar-refractivity contribution is 5.04. The number of nitrogens with zero attached hydrogens (tertiary/aromatic N) is 3. The standard InChI is InChI=1S/C11H19N3O/c1-4-14-7-5-11(3,6-8-14)10-13-12-9(2)15-10/h4-8H2,1-3H3. The Kier molecular flexibility index (Phi) is 2.78. The van der Waals surface area contributed by atoms with Gasteiger partial charge in [0.15, 0.2) is 0 Å². The number of hydrogen-bond acceptors (Lipinski definition) is 4. The summed E-state index contributed by atoms with van der Waals surface area (Å²) in [6.07, 6.45) is 2.23. The molecule has 2 rings (SSSR count). The first kappa shape index (κ1) is 10.6. The largest absolute Gasteiger partial charge is 0.425 e. The minimum absolute atomic E-state index is 0.0902. The van der Waals surface area contributed by atoms with E-state index < -0.39 is 0 Å². The summed E-state index contributed by atoms with van der Waals surface area (Å²) in [5.41, 5.74) is 0.0902. The van der Waals surface area contributed by atoms with Gasteiger partial charge in [-0.25, -0.2) is 0 Å². The van der Waals surface area contributed by atoms with Crippen molar-refractivity contribution in [3.8, 4) is 0 Å². The fraction of sp³-hybridized carbons (Fsp3) is 0.818. The molecule has 0 atom stereocenters. The molecule has 1 aromatic heterocycles. The minimum atomic E-state index is 0.0902. The van der Waals surface area contributed by atoms with Crippen molar-refractivity contribution in [1.29, 1.82) is 0 Å². The van der Waals surface area contributed by atoms with Crippen LogP contribution in [0.2, 0.25) is 0 Å². The molecule has 0 aromatic carbocycles. The topological polar surface area (TPSA) is 42.2 Å². The summed E-state index contributed by atoms with van der Waals surface area (Å²) in [5.74, 6) is 1.49. The van der Waals surface area contributed by atoms with E-state index in [-0.39, 0.29) is 5.41 Å². The molecule has 0 unspecified atom stereocenters. The lowest BCUT2D eigenvalue weighted by atomic mass is 9.80. The second kappa shape index (κ2) is 3.93. The maximum absolute atomic E-state index is 5.55. The van der Waals surface area contributed by atoms with Gasteiger partial charge in [-0.3, -0.25) is 0 Å². The van der Waals surface area contributed by atoms with Crippen molar-refractivity contribution in [1.82, 2.24) is 15.1 Å². The molecule has 0 bridgehead atoms. The van der Waals surface area contributed by atoms with Gasteiger partial charge >= 0.3 is 0 Å². The first-order valence-electron chi connectivity index (χ1n) is 5.67. The van der Waals surface area contributed by atoms with Crippen molar-refractivity contribution < 1.29 is 4.42 Å². The summed E-state index contributed by atoms with van der Waals surface area (Å²) in [7, 11) is 0. The van der Waals surface area contributed by atoms with E-state index in [0.29, 0.717) is 5.89 Å². The Labute approximate surface area is 90.7 Å². The number of aromatic nitrogens is 2. The summed E-state index contributed by atoms with van der Waals surface area (Å²) in [5, 5.41) is 8.07. The fourth-order valence-electron chi connectivity index (χ4n) is 2.12. The lowest BCUT2D eigenvalue weighted by molar-refractivity contribution is 0.154. The van der Waals surface area contributed by atoms with Gasteiger partial charge in [-0.15, -0.1) is 10.2 Å². The Bertz CT molecular complexity index is 326. The molecule has 1 fully saturated rings. The molecule has 1 aliphatic heterocycles. The van der Waals surface area contributed by atoms with Gasteiger partial charge in [0.2, 0.25) is 11.8 Å². The summed E-state index contributed by atoms with van der Waals surface area (Å²) in [4.78, 5) is 2.46. The van der Waals surface area contributed by atoms with E-state index in [1.54, 1.807) is 0 Å². The highest BCUT2D eigenvalue weighted by Gasteiger charge is 2.35. The van der Waals surface area contributed by atoms with Gasteiger partial charge in [-0.1, -0.05) is 13.8 Å². The van der Waals surface area contributed by atoms with E-state index in [2.05, 4.69) is 28.9 Å². The molecule has 0 saturated carbocycles. The zero-order valence-electron chi connectivity index (χ0n) is 9.79. The lowest BCUT2D eigenvalue weighted by Gasteiger charge is -2.36. The maximum Gasteiger partial charge on any atom is 0.222 e. The molecule has 15 heavy (non-hydrogen) atoms. The van der Waals surface area contributed by atoms with E-state index in [1.807, 2.05) is 6.92 Å². The summed E-state index contributed by atoms with van der Waals surface area (Å²) < 4.78 is 5.55. The van der Waals surface area contributed by atoms with Crippen LogP contribution in [0, 0.1) is 6.92 Å². The zero-order chi connectivity index (χ0) is 10.9. The van der Waals surface area contributed by atoms with Gasteiger partial charge in [0.1, 0.15) is 0 Å². The average molecular weight is 209 g/mol. The quantitative estimate of drug-likeness (QED) is 0.744. The van der Waals surface area contributed by atoms with Crippen molar-refractivity contribution in [3.05, 3.63) is 11.8 Å². The van der Waals surface area contributed by atoms with Crippen LogP contribution in [0.1, 0.15) is 38.5 Å². The molecule has 0 N–H and O–H groups in total. The zero-order valence-corrected chi connectivity index (χ0v) is 9.79. The predicted octanol–water partition coefficient (Wildman–Crippen LogP) is 1.75. The number of likely N-dealkylation sites (tertiary alicyclic amines) is 1. The van der Waals surface area contributed by atoms with Crippen LogP contribution < -0.4 is 0 Å². The van der Waals surface area contributed by atoms with Crippen molar-refractivity contribution >= 4 is 0 Å². The van der Waals surface area contributed by atoms with Gasteiger partial charge in [-0.05, 0) is 32.5 Å². The molecule has 4 nitrogen and oxygen atoms in total. The summed E-state index contributed by atoms with van der Waals surface area (Å²) in [6.45, 7) is 9.69. The monoisotopic (exact) mass is 209 g/mol. The van der Waals surface area contributed by atoms with E-state index in [4.69, 9.17) is 4.42 Å². The molecule has 1 saturated heterocycles. The smallest absolute Gasteiger partial charge is 0.222 e. The summed E-state index contributed by atoms with van der Waals surface area (Å²) >= 11 is 0. The van der Waals surface area contributed by atoms with E-state index in [9.17, 15) is 0 Å². The van der Waals surface area contributed by atoms with Crippen LogP contribution in [-0.4, -0.2) is 34.7 Å². The van der Waals surface area contributed by atoms with Gasteiger partial charge in [0.25, 0.3) is 0 Å². The Hall–Kier alpha value is -0.900. The number of aryl methyl sites for hydroxylation is 1. The van der Waals surface area contributed by atoms with Crippen LogP contribution in [0.25, 0.3) is 0 Å². The Balaban J connectivity index is 2.09. The molecule has 1 aliphatic rings. The second-order valence-electron chi connectivity index (χ2n) is 4.62. The first-order valence-corrected chi connectivity index (χ1v) is 5.67. The normalized spacial score (nSPS) is 21.8. The van der Waals surface area contributed by atoms with Gasteiger partial charge in [0, 0.05) is 12.3 Å². The Morgan fingerprint density at radius 3 is 2.47 bits per heavy atom. The van der Waals surface area contributed by atoms with Crippen molar-refractivity contribution in [2.24, 2.45) is 0 Å². The van der Waals surface area contributed by atoms with Crippen LogP contribution in [0.4, 0.5) is 0 Å². The van der Waals surface area contributed by atoms with Gasteiger partial charge in [0.05, 0.1) is 0 Å². The third-order valence-electron chi connectivity index (χ3n) is 3.45. The molecule has 1 aromatic rings. The van der Waals surface area contributed by atoms with E-state index in [0.717, 1.165) is 38.4 Å². The molecule has 0 spiro atoms. The third kappa shape index (κ3) is 2.04. The maximum atomic E-state index is 5.55. The van der Waals surface area contributed by atoms with Crippen LogP contribution in [-0.2, 0) is 5.41 Å². The highest BCUT2D eigenvalue weighted by Crippen LogP contribution is 2.33. The molecular formula is C11H19N3O. The van der Waals surface area contributed by atoms with Gasteiger partial charge in [-0.2, -0.15) is 0 Å². The number of hydrogen-bond donors (Lipinski definition) is 0. The summed E-state index contributed by atoms with van der Waals surface area (Å²) in [6, 6.07) is 0. The predicted molar refractivity (Wildman–Crippen MR) is 57.7 cm³/mol. The number of rotatable bonds is 2. The lowest BCUT2D eigenvalue weighted by Crippen LogP contribution is -2.40. The Morgan fingerprint density at radius 2 is 2.00 bits per heavy atom. The fourth-order valence-corrected chi connectivity index (χ4v) is 2.12. The second-order valence-corrected chi connectivity index (χ2v) is 4.62. The van der Waals surface area contributed by atoms with Crippen molar-refractivity contribution in [2.75, 3.05) is 19.6 Å². The SMILES string of the molecule is CCN1CCC(C)(c2nnc(C)o2)CC1. The van der Waals surface area contributed by atoms with Crippen LogP contribution in [0.15, 0.2) is 4.42 Å². The first-order chi connectivity index (χ1) is 7.14. The van der Waals surface area contributed by atoms with Crippen LogP contribution >= 0.6 is 0 Å².